The molecule has 0 bridgehead atoms. The summed E-state index contributed by atoms with van der Waals surface area (Å²) in [7, 11) is 2.18. The first-order valence-electron chi connectivity index (χ1n) is 12.2. The Kier molecular flexibility index (Phi) is 5.30. The molecular weight excluding hydrogens is 420 g/mol. The minimum Gasteiger partial charge on any atom is -0.369 e. The number of aromatic amines is 2. The maximum Gasteiger partial charge on any atom is 0.138 e. The number of fused-ring (bicyclic) bond motifs is 2. The molecule has 2 aromatic heterocycles. The van der Waals surface area contributed by atoms with Crippen molar-refractivity contribution < 1.29 is 0 Å². The fourth-order valence-corrected chi connectivity index (χ4v) is 4.81. The molecular formula is C28H30N6. The van der Waals surface area contributed by atoms with Gasteiger partial charge in [-0.15, -0.1) is 0 Å². The lowest BCUT2D eigenvalue weighted by Crippen LogP contribution is -2.44. The van der Waals surface area contributed by atoms with Gasteiger partial charge in [0.15, 0.2) is 0 Å². The van der Waals surface area contributed by atoms with Crippen molar-refractivity contribution in [1.82, 2.24) is 24.8 Å². The second-order valence-corrected chi connectivity index (χ2v) is 9.34. The number of H-pyrrole nitrogens is 2. The highest BCUT2D eigenvalue weighted by Gasteiger charge is 2.16. The molecule has 0 aliphatic carbocycles. The highest BCUT2D eigenvalue weighted by Crippen LogP contribution is 2.28. The van der Waals surface area contributed by atoms with Crippen LogP contribution in [0.5, 0.6) is 0 Å². The Morgan fingerprint density at radius 1 is 0.735 bits per heavy atom. The van der Waals surface area contributed by atoms with Crippen molar-refractivity contribution in [1.29, 1.82) is 0 Å². The molecule has 0 spiro atoms. The topological polar surface area (TPSA) is 63.8 Å². The third-order valence-electron chi connectivity index (χ3n) is 6.86. The zero-order valence-corrected chi connectivity index (χ0v) is 19.8. The lowest BCUT2D eigenvalue weighted by molar-refractivity contribution is 0.313. The second kappa shape index (κ2) is 8.61. The Balaban J connectivity index is 1.28. The summed E-state index contributed by atoms with van der Waals surface area (Å²) in [4.78, 5) is 21.5. The van der Waals surface area contributed by atoms with Crippen LogP contribution >= 0.6 is 0 Å². The normalized spacial score (nSPS) is 14.9. The summed E-state index contributed by atoms with van der Waals surface area (Å²) in [5, 5.41) is 0. The maximum atomic E-state index is 4.86. The van der Waals surface area contributed by atoms with Gasteiger partial charge in [-0.1, -0.05) is 37.6 Å². The van der Waals surface area contributed by atoms with Gasteiger partial charge in [0.2, 0.25) is 0 Å². The zero-order chi connectivity index (χ0) is 23.1. The van der Waals surface area contributed by atoms with E-state index >= 15 is 0 Å². The number of anilines is 1. The highest BCUT2D eigenvalue weighted by atomic mass is 15.2. The van der Waals surface area contributed by atoms with Crippen LogP contribution < -0.4 is 4.90 Å². The standard InChI is InChI=1S/C28H30N6/c1-3-4-19-5-7-20(8-6-19)27-29-23-11-9-21(17-25(23)31-27)28-30-24-12-10-22(18-26(24)32-28)34-15-13-33(2)14-16-34/h5-12,17-18H,3-4,13-16H2,1-2H3,(H,29,31)(H,30,32). The van der Waals surface area contributed by atoms with Gasteiger partial charge in [0, 0.05) is 43.0 Å². The molecule has 2 N–H and O–H groups in total. The smallest absolute Gasteiger partial charge is 0.138 e. The number of likely N-dealkylation sites (N-methyl/N-ethyl adjacent to an activating group) is 1. The lowest BCUT2D eigenvalue weighted by atomic mass is 10.1. The molecule has 0 radical (unpaired) electrons. The van der Waals surface area contributed by atoms with Gasteiger partial charge in [0.25, 0.3) is 0 Å². The number of piperazine rings is 1. The van der Waals surface area contributed by atoms with Gasteiger partial charge in [-0.3, -0.25) is 0 Å². The first kappa shape index (κ1) is 20.9. The Morgan fingerprint density at radius 2 is 1.35 bits per heavy atom. The van der Waals surface area contributed by atoms with Crippen molar-refractivity contribution >= 4 is 27.8 Å². The molecule has 6 rings (SSSR count). The van der Waals surface area contributed by atoms with Crippen molar-refractivity contribution in [2.45, 2.75) is 19.8 Å². The Labute approximate surface area is 199 Å². The minimum absolute atomic E-state index is 0.882. The van der Waals surface area contributed by atoms with Gasteiger partial charge in [-0.25, -0.2) is 9.97 Å². The molecule has 0 saturated carbocycles. The molecule has 1 aliphatic rings. The predicted octanol–water partition coefficient (Wildman–Crippen LogP) is 5.48. The zero-order valence-electron chi connectivity index (χ0n) is 19.8. The van der Waals surface area contributed by atoms with Crippen molar-refractivity contribution in [3.05, 3.63) is 66.2 Å². The molecule has 0 atom stereocenters. The van der Waals surface area contributed by atoms with Crippen molar-refractivity contribution in [2.24, 2.45) is 0 Å². The molecule has 6 nitrogen and oxygen atoms in total. The number of rotatable bonds is 5. The second-order valence-electron chi connectivity index (χ2n) is 9.34. The van der Waals surface area contributed by atoms with Crippen LogP contribution in [0.25, 0.3) is 44.8 Å². The Hall–Kier alpha value is -3.64. The molecule has 5 aromatic rings. The molecule has 3 heterocycles. The van der Waals surface area contributed by atoms with Gasteiger partial charge in [0.1, 0.15) is 11.6 Å². The average molecular weight is 451 g/mol. The average Bonchev–Trinajstić information content (AvgIpc) is 3.48. The van der Waals surface area contributed by atoms with Gasteiger partial charge < -0.3 is 19.8 Å². The van der Waals surface area contributed by atoms with E-state index in [9.17, 15) is 0 Å². The predicted molar refractivity (Wildman–Crippen MR) is 140 cm³/mol. The molecule has 0 amide bonds. The number of nitrogens with zero attached hydrogens (tertiary/aromatic N) is 4. The van der Waals surface area contributed by atoms with Crippen LogP contribution in [0.4, 0.5) is 5.69 Å². The van der Waals surface area contributed by atoms with E-state index in [0.29, 0.717) is 0 Å². The van der Waals surface area contributed by atoms with E-state index in [2.05, 4.69) is 94.4 Å². The van der Waals surface area contributed by atoms with Crippen LogP contribution in [0.2, 0.25) is 0 Å². The monoisotopic (exact) mass is 450 g/mol. The minimum atomic E-state index is 0.882. The number of imidazole rings is 2. The number of hydrogen-bond donors (Lipinski definition) is 2. The van der Waals surface area contributed by atoms with Crippen LogP contribution in [-0.2, 0) is 6.42 Å². The molecule has 1 fully saturated rings. The van der Waals surface area contributed by atoms with Crippen LogP contribution in [0.3, 0.4) is 0 Å². The highest BCUT2D eigenvalue weighted by molar-refractivity contribution is 5.87. The van der Waals surface area contributed by atoms with Crippen molar-refractivity contribution in [3.63, 3.8) is 0 Å². The summed E-state index contributed by atoms with van der Waals surface area (Å²) in [6.07, 6.45) is 2.27. The van der Waals surface area contributed by atoms with E-state index in [1.807, 2.05) is 0 Å². The van der Waals surface area contributed by atoms with Gasteiger partial charge in [-0.2, -0.15) is 0 Å². The summed E-state index contributed by atoms with van der Waals surface area (Å²) in [5.74, 6) is 1.78. The molecule has 1 aliphatic heterocycles. The number of hydrogen-bond acceptors (Lipinski definition) is 4. The van der Waals surface area contributed by atoms with E-state index in [4.69, 9.17) is 9.97 Å². The van der Waals surface area contributed by atoms with Crippen LogP contribution in [0.1, 0.15) is 18.9 Å². The van der Waals surface area contributed by atoms with Gasteiger partial charge in [-0.05, 0) is 55.4 Å². The molecule has 1 saturated heterocycles. The molecule has 6 heteroatoms. The summed E-state index contributed by atoms with van der Waals surface area (Å²) in [6, 6.07) is 21.5. The van der Waals surface area contributed by atoms with Crippen LogP contribution in [-0.4, -0.2) is 58.1 Å². The fraction of sp³-hybridized carbons (Fsp3) is 0.286. The van der Waals surface area contributed by atoms with E-state index in [0.717, 1.165) is 83.9 Å². The van der Waals surface area contributed by atoms with Gasteiger partial charge in [0.05, 0.1) is 22.1 Å². The number of aryl methyl sites for hydroxylation is 1. The number of aromatic nitrogens is 4. The van der Waals surface area contributed by atoms with Crippen LogP contribution in [0.15, 0.2) is 60.7 Å². The molecule has 34 heavy (non-hydrogen) atoms. The molecule has 0 unspecified atom stereocenters. The van der Waals surface area contributed by atoms with E-state index in [-0.39, 0.29) is 0 Å². The maximum absolute atomic E-state index is 4.86. The summed E-state index contributed by atoms with van der Waals surface area (Å²) in [6.45, 7) is 6.52. The van der Waals surface area contributed by atoms with Crippen molar-refractivity contribution in [2.75, 3.05) is 38.1 Å². The van der Waals surface area contributed by atoms with Crippen molar-refractivity contribution in [3.8, 4) is 22.8 Å². The van der Waals surface area contributed by atoms with E-state index in [1.54, 1.807) is 0 Å². The van der Waals surface area contributed by atoms with Gasteiger partial charge >= 0.3 is 0 Å². The third kappa shape index (κ3) is 3.94. The fourth-order valence-electron chi connectivity index (χ4n) is 4.81. The summed E-state index contributed by atoms with van der Waals surface area (Å²) < 4.78 is 0. The molecule has 172 valence electrons. The number of benzene rings is 3. The van der Waals surface area contributed by atoms with Crippen LogP contribution in [0, 0.1) is 0 Å². The van der Waals surface area contributed by atoms with E-state index in [1.165, 1.54) is 11.3 Å². The summed E-state index contributed by atoms with van der Waals surface area (Å²) in [5.41, 5.74) is 8.83. The first-order chi connectivity index (χ1) is 16.7. The Bertz CT molecular complexity index is 1440. The quantitative estimate of drug-likeness (QED) is 0.372. The SMILES string of the molecule is CCCc1ccc(-c2nc3ccc(-c4nc5ccc(N6CCN(C)CC6)cc5[nH]4)cc3[nH]2)cc1. The summed E-state index contributed by atoms with van der Waals surface area (Å²) >= 11 is 0. The Morgan fingerprint density at radius 3 is 2.06 bits per heavy atom. The third-order valence-corrected chi connectivity index (χ3v) is 6.86. The first-order valence-corrected chi connectivity index (χ1v) is 12.2. The number of nitrogens with one attached hydrogen (secondary N) is 2. The largest absolute Gasteiger partial charge is 0.369 e. The molecule has 3 aromatic carbocycles. The van der Waals surface area contributed by atoms with E-state index < -0.39 is 0 Å². The lowest BCUT2D eigenvalue weighted by Gasteiger charge is -2.34.